The van der Waals surface area contributed by atoms with Crippen molar-refractivity contribution in [3.05, 3.63) is 48.0 Å². The fourth-order valence-electron chi connectivity index (χ4n) is 3.71. The Balaban J connectivity index is 1.77. The normalized spacial score (nSPS) is 16.4. The highest BCUT2D eigenvalue weighted by Crippen LogP contribution is 2.40. The molecule has 1 aliphatic heterocycles. The van der Waals surface area contributed by atoms with Crippen molar-refractivity contribution < 1.29 is 14.2 Å². The van der Waals surface area contributed by atoms with E-state index in [-0.39, 0.29) is 0 Å². The van der Waals surface area contributed by atoms with Gasteiger partial charge in [0.25, 0.3) is 0 Å². The van der Waals surface area contributed by atoms with Crippen molar-refractivity contribution in [3.8, 4) is 17.2 Å². The first-order chi connectivity index (χ1) is 13.7. The maximum absolute atomic E-state index is 5.77. The van der Waals surface area contributed by atoms with Crippen molar-refractivity contribution >= 4 is 23.0 Å². The van der Waals surface area contributed by atoms with Crippen molar-refractivity contribution in [2.75, 3.05) is 33.2 Å². The van der Waals surface area contributed by atoms with Gasteiger partial charge in [0.2, 0.25) is 5.75 Å². The highest BCUT2D eigenvalue weighted by Gasteiger charge is 2.25. The summed E-state index contributed by atoms with van der Waals surface area (Å²) in [6, 6.07) is 14.8. The summed E-state index contributed by atoms with van der Waals surface area (Å²) in [7, 11) is 4.82. The monoisotopic (exact) mass is 400 g/mol. The molecule has 1 heterocycles. The third-order valence-corrected chi connectivity index (χ3v) is 5.45. The van der Waals surface area contributed by atoms with Gasteiger partial charge in [0, 0.05) is 30.4 Å². The van der Waals surface area contributed by atoms with Gasteiger partial charge in [-0.25, -0.2) is 0 Å². The molecular formula is C22H28N2O3S. The molecule has 0 aromatic heterocycles. The quantitative estimate of drug-likeness (QED) is 0.720. The first-order valence-electron chi connectivity index (χ1n) is 9.57. The van der Waals surface area contributed by atoms with E-state index in [0.717, 1.165) is 36.6 Å². The molecule has 1 N–H and O–H groups in total. The van der Waals surface area contributed by atoms with Crippen molar-refractivity contribution in [2.24, 2.45) is 0 Å². The Hall–Kier alpha value is -2.47. The van der Waals surface area contributed by atoms with Gasteiger partial charge in [0.15, 0.2) is 16.6 Å². The zero-order valence-corrected chi connectivity index (χ0v) is 17.6. The predicted octanol–water partition coefficient (Wildman–Crippen LogP) is 4.51. The maximum atomic E-state index is 5.77. The Morgan fingerprint density at radius 3 is 2.32 bits per heavy atom. The number of hydrogen-bond donors (Lipinski definition) is 1. The lowest BCUT2D eigenvalue weighted by atomic mass is 9.96. The van der Waals surface area contributed by atoms with Gasteiger partial charge in [-0.3, -0.25) is 0 Å². The molecule has 0 aliphatic carbocycles. The van der Waals surface area contributed by atoms with Crippen LogP contribution in [0.25, 0.3) is 0 Å². The molecule has 0 bridgehead atoms. The van der Waals surface area contributed by atoms with Crippen LogP contribution in [0.15, 0.2) is 42.5 Å². The van der Waals surface area contributed by atoms with E-state index in [4.69, 9.17) is 26.4 Å². The minimum Gasteiger partial charge on any atom is -0.493 e. The Morgan fingerprint density at radius 2 is 1.71 bits per heavy atom. The number of piperidine rings is 1. The van der Waals surface area contributed by atoms with Gasteiger partial charge in [-0.05, 0) is 43.5 Å². The Kier molecular flexibility index (Phi) is 6.98. The third-order valence-electron chi connectivity index (χ3n) is 5.12. The van der Waals surface area contributed by atoms with Crippen molar-refractivity contribution in [2.45, 2.75) is 31.7 Å². The second-order valence-electron chi connectivity index (χ2n) is 6.88. The molecule has 0 spiro atoms. The third kappa shape index (κ3) is 4.68. The summed E-state index contributed by atoms with van der Waals surface area (Å²) < 4.78 is 16.3. The molecule has 150 valence electrons. The summed E-state index contributed by atoms with van der Waals surface area (Å²) in [6.45, 7) is 0.966. The summed E-state index contributed by atoms with van der Waals surface area (Å²) in [5, 5.41) is 4.10. The molecule has 2 aromatic carbocycles. The molecule has 3 rings (SSSR count). The van der Waals surface area contributed by atoms with Crippen molar-refractivity contribution in [1.82, 2.24) is 4.90 Å². The molecule has 0 amide bonds. The van der Waals surface area contributed by atoms with E-state index in [9.17, 15) is 0 Å². The lowest BCUT2D eigenvalue weighted by molar-refractivity contribution is 0.243. The number of benzene rings is 2. The first kappa shape index (κ1) is 20.3. The molecule has 28 heavy (non-hydrogen) atoms. The van der Waals surface area contributed by atoms with Crippen LogP contribution < -0.4 is 19.5 Å². The number of anilines is 1. The average Bonchev–Trinajstić information content (AvgIpc) is 2.74. The Morgan fingerprint density at radius 1 is 1.04 bits per heavy atom. The summed E-state index contributed by atoms with van der Waals surface area (Å²) in [6.07, 6.45) is 4.53. The van der Waals surface area contributed by atoms with Crippen LogP contribution in [0.4, 0.5) is 5.69 Å². The second-order valence-corrected chi connectivity index (χ2v) is 7.26. The van der Waals surface area contributed by atoms with E-state index < -0.39 is 0 Å². The molecule has 6 heteroatoms. The van der Waals surface area contributed by atoms with E-state index in [0.29, 0.717) is 23.3 Å². The number of likely N-dealkylation sites (tertiary alicyclic amines) is 1. The van der Waals surface area contributed by atoms with Gasteiger partial charge in [-0.1, -0.05) is 30.3 Å². The summed E-state index contributed by atoms with van der Waals surface area (Å²) >= 11 is 5.77. The summed E-state index contributed by atoms with van der Waals surface area (Å²) in [4.78, 5) is 2.31. The highest BCUT2D eigenvalue weighted by atomic mass is 32.1. The largest absolute Gasteiger partial charge is 0.493 e. The van der Waals surface area contributed by atoms with Crippen LogP contribution in [0.5, 0.6) is 17.2 Å². The van der Waals surface area contributed by atoms with Crippen LogP contribution in [0.2, 0.25) is 0 Å². The molecule has 1 aliphatic rings. The van der Waals surface area contributed by atoms with E-state index >= 15 is 0 Å². The number of nitrogens with one attached hydrogen (secondary N) is 1. The summed E-state index contributed by atoms with van der Waals surface area (Å²) in [5.41, 5.74) is 2.17. The maximum Gasteiger partial charge on any atom is 0.203 e. The van der Waals surface area contributed by atoms with Crippen molar-refractivity contribution in [1.29, 1.82) is 0 Å². The molecule has 1 unspecified atom stereocenters. The van der Waals surface area contributed by atoms with Gasteiger partial charge in [-0.15, -0.1) is 0 Å². The van der Waals surface area contributed by atoms with Crippen molar-refractivity contribution in [3.63, 3.8) is 0 Å². The zero-order chi connectivity index (χ0) is 19.9. The molecule has 2 aromatic rings. The van der Waals surface area contributed by atoms with Crippen LogP contribution in [0, 0.1) is 0 Å². The molecule has 5 nitrogen and oxygen atoms in total. The fraction of sp³-hybridized carbons (Fsp3) is 0.409. The predicted molar refractivity (Wildman–Crippen MR) is 117 cm³/mol. The molecule has 1 saturated heterocycles. The van der Waals surface area contributed by atoms with Crippen LogP contribution in [0.1, 0.15) is 24.8 Å². The zero-order valence-electron chi connectivity index (χ0n) is 16.7. The van der Waals surface area contributed by atoms with E-state index in [2.05, 4.69) is 40.5 Å². The van der Waals surface area contributed by atoms with Crippen LogP contribution in [0.3, 0.4) is 0 Å². The van der Waals surface area contributed by atoms with Crippen LogP contribution in [-0.4, -0.2) is 43.9 Å². The van der Waals surface area contributed by atoms with Gasteiger partial charge < -0.3 is 24.4 Å². The minimum absolute atomic E-state index is 0.401. The van der Waals surface area contributed by atoms with Crippen LogP contribution in [-0.2, 0) is 6.42 Å². The summed E-state index contributed by atoms with van der Waals surface area (Å²) in [5.74, 6) is 1.78. The highest BCUT2D eigenvalue weighted by molar-refractivity contribution is 7.80. The first-order valence-corrected chi connectivity index (χ1v) is 9.98. The number of hydrogen-bond acceptors (Lipinski definition) is 4. The molecule has 0 saturated carbocycles. The minimum atomic E-state index is 0.401. The number of nitrogens with zero attached hydrogens (tertiary/aromatic N) is 1. The lowest BCUT2D eigenvalue weighted by Crippen LogP contribution is -2.46. The molecular weight excluding hydrogens is 372 g/mol. The number of ether oxygens (including phenoxy) is 3. The topological polar surface area (TPSA) is 43.0 Å². The van der Waals surface area contributed by atoms with Gasteiger partial charge >= 0.3 is 0 Å². The molecule has 0 radical (unpaired) electrons. The Labute approximate surface area is 172 Å². The van der Waals surface area contributed by atoms with E-state index in [1.807, 2.05) is 12.1 Å². The molecule has 1 fully saturated rings. The number of rotatable bonds is 6. The van der Waals surface area contributed by atoms with Gasteiger partial charge in [-0.2, -0.15) is 0 Å². The second kappa shape index (κ2) is 9.64. The fourth-order valence-corrected chi connectivity index (χ4v) is 4.07. The van der Waals surface area contributed by atoms with E-state index in [1.165, 1.54) is 12.0 Å². The Bertz CT molecular complexity index is 773. The molecule has 1 atom stereocenters. The number of methoxy groups -OCH3 is 3. The van der Waals surface area contributed by atoms with Gasteiger partial charge in [0.05, 0.1) is 21.3 Å². The SMILES string of the molecule is COc1cc(NC(=S)N2CCCCC2Cc2ccccc2)cc(OC)c1OC. The smallest absolute Gasteiger partial charge is 0.203 e. The lowest BCUT2D eigenvalue weighted by Gasteiger charge is -2.38. The standard InChI is InChI=1S/C22H28N2O3S/c1-25-19-14-17(15-20(26-2)21(19)27-3)23-22(28)24-12-8-7-11-18(24)13-16-9-5-4-6-10-16/h4-6,9-10,14-15,18H,7-8,11-13H2,1-3H3,(H,23,28). The van der Waals surface area contributed by atoms with Crippen LogP contribution >= 0.6 is 12.2 Å². The number of thiocarbonyl (C=S) groups is 1. The van der Waals surface area contributed by atoms with E-state index in [1.54, 1.807) is 21.3 Å². The average molecular weight is 401 g/mol. The van der Waals surface area contributed by atoms with Gasteiger partial charge in [0.1, 0.15) is 0 Å².